The molecule has 3 heterocycles. The second-order valence-electron chi connectivity index (χ2n) is 5.72. The van der Waals surface area contributed by atoms with Crippen molar-refractivity contribution in [2.75, 3.05) is 5.32 Å². The molecule has 0 aliphatic rings. The molecule has 3 aromatic rings. The lowest BCUT2D eigenvalue weighted by Crippen LogP contribution is -2.31. The summed E-state index contributed by atoms with van der Waals surface area (Å²) in [5.41, 5.74) is 0.625. The van der Waals surface area contributed by atoms with Gasteiger partial charge in [-0.05, 0) is 25.1 Å². The summed E-state index contributed by atoms with van der Waals surface area (Å²) < 4.78 is 1.18. The van der Waals surface area contributed by atoms with Gasteiger partial charge in [0.25, 0.3) is 11.5 Å². The van der Waals surface area contributed by atoms with E-state index < -0.39 is 5.91 Å². The van der Waals surface area contributed by atoms with Crippen molar-refractivity contribution in [3.8, 4) is 0 Å². The Bertz CT molecular complexity index is 986. The summed E-state index contributed by atoms with van der Waals surface area (Å²) in [6.45, 7) is 1.60. The molecule has 0 saturated carbocycles. The van der Waals surface area contributed by atoms with Crippen LogP contribution in [0.2, 0.25) is 0 Å². The van der Waals surface area contributed by atoms with Crippen LogP contribution in [-0.4, -0.2) is 26.3 Å². The normalized spacial score (nSPS) is 11.6. The molecule has 0 bridgehead atoms. The minimum Gasteiger partial charge on any atom is -0.344 e. The number of carbonyl (C=O) groups excluding carboxylic acids is 2. The zero-order valence-electron chi connectivity index (χ0n) is 14.5. The van der Waals surface area contributed by atoms with Crippen LogP contribution in [0.5, 0.6) is 0 Å². The standard InChI is InChI=1S/C18H17N5O3S/c1-12(14-4-2-3-7-19-14)21-17(26)13-5-6-16(25)23(10-13)11-15(24)22-18-20-8-9-27-18/h2-10,12H,11H2,1H3,(H,21,26)(H,20,22,24)/t12-/m0/s1. The van der Waals surface area contributed by atoms with E-state index in [2.05, 4.69) is 20.6 Å². The Morgan fingerprint density at radius 1 is 1.19 bits per heavy atom. The molecule has 1 atom stereocenters. The quantitative estimate of drug-likeness (QED) is 0.675. The van der Waals surface area contributed by atoms with Gasteiger partial charge in [0.05, 0.1) is 17.3 Å². The number of nitrogens with zero attached hydrogens (tertiary/aromatic N) is 3. The average molecular weight is 383 g/mol. The zero-order chi connectivity index (χ0) is 19.2. The largest absolute Gasteiger partial charge is 0.344 e. The fourth-order valence-electron chi connectivity index (χ4n) is 2.37. The molecular weight excluding hydrogens is 366 g/mol. The maximum absolute atomic E-state index is 12.5. The zero-order valence-corrected chi connectivity index (χ0v) is 15.3. The van der Waals surface area contributed by atoms with Gasteiger partial charge in [0.15, 0.2) is 5.13 Å². The molecule has 3 aromatic heterocycles. The van der Waals surface area contributed by atoms with Crippen LogP contribution in [-0.2, 0) is 11.3 Å². The third kappa shape index (κ3) is 4.85. The van der Waals surface area contributed by atoms with Gasteiger partial charge in [-0.25, -0.2) is 4.98 Å². The first kappa shape index (κ1) is 18.5. The van der Waals surface area contributed by atoms with Gasteiger partial charge in [0, 0.05) is 30.0 Å². The molecule has 8 nitrogen and oxygen atoms in total. The van der Waals surface area contributed by atoms with E-state index in [1.165, 1.54) is 34.2 Å². The second kappa shape index (κ2) is 8.37. The highest BCUT2D eigenvalue weighted by Gasteiger charge is 2.14. The lowest BCUT2D eigenvalue weighted by Gasteiger charge is -2.14. The molecule has 0 aliphatic carbocycles. The first-order valence-electron chi connectivity index (χ1n) is 8.14. The summed E-state index contributed by atoms with van der Waals surface area (Å²) in [4.78, 5) is 44.7. The van der Waals surface area contributed by atoms with E-state index in [9.17, 15) is 14.4 Å². The number of hydrogen-bond donors (Lipinski definition) is 2. The molecule has 0 aromatic carbocycles. The molecule has 0 spiro atoms. The molecule has 9 heteroatoms. The fraction of sp³-hybridized carbons (Fsp3) is 0.167. The van der Waals surface area contributed by atoms with Crippen LogP contribution in [0.3, 0.4) is 0 Å². The predicted octanol–water partition coefficient (Wildman–Crippen LogP) is 1.83. The Morgan fingerprint density at radius 3 is 2.74 bits per heavy atom. The van der Waals surface area contributed by atoms with E-state index in [0.717, 1.165) is 5.69 Å². The van der Waals surface area contributed by atoms with Gasteiger partial charge in [-0.2, -0.15) is 0 Å². The molecule has 2 amide bonds. The van der Waals surface area contributed by atoms with Crippen molar-refractivity contribution in [1.29, 1.82) is 0 Å². The molecule has 0 unspecified atom stereocenters. The van der Waals surface area contributed by atoms with E-state index in [1.54, 1.807) is 23.8 Å². The Kier molecular flexibility index (Phi) is 5.72. The SMILES string of the molecule is C[C@H](NC(=O)c1ccc(=O)n(CC(=O)Nc2nccs2)c1)c1ccccn1. The van der Waals surface area contributed by atoms with Gasteiger partial charge in [-0.3, -0.25) is 19.4 Å². The summed E-state index contributed by atoms with van der Waals surface area (Å²) >= 11 is 1.28. The van der Waals surface area contributed by atoms with Gasteiger partial charge >= 0.3 is 0 Å². The number of thiazole rings is 1. The number of carbonyl (C=O) groups is 2. The topological polar surface area (TPSA) is 106 Å². The minimum absolute atomic E-state index is 0.213. The van der Waals surface area contributed by atoms with Crippen molar-refractivity contribution in [3.63, 3.8) is 0 Å². The fourth-order valence-corrected chi connectivity index (χ4v) is 2.92. The van der Waals surface area contributed by atoms with Crippen molar-refractivity contribution >= 4 is 28.3 Å². The lowest BCUT2D eigenvalue weighted by atomic mass is 10.2. The molecule has 0 radical (unpaired) electrons. The Hall–Kier alpha value is -3.33. The molecule has 0 fully saturated rings. The molecule has 0 aliphatic heterocycles. The van der Waals surface area contributed by atoms with Crippen LogP contribution >= 0.6 is 11.3 Å². The van der Waals surface area contributed by atoms with E-state index >= 15 is 0 Å². The number of aromatic nitrogens is 3. The van der Waals surface area contributed by atoms with Gasteiger partial charge in [0.2, 0.25) is 5.91 Å². The summed E-state index contributed by atoms with van der Waals surface area (Å²) in [6.07, 6.45) is 4.59. The van der Waals surface area contributed by atoms with E-state index in [0.29, 0.717) is 5.13 Å². The van der Waals surface area contributed by atoms with Crippen LogP contribution in [0, 0.1) is 0 Å². The van der Waals surface area contributed by atoms with E-state index in [4.69, 9.17) is 0 Å². The smallest absolute Gasteiger partial charge is 0.253 e. The van der Waals surface area contributed by atoms with Crippen molar-refractivity contribution in [3.05, 3.63) is 75.9 Å². The summed E-state index contributed by atoms with van der Waals surface area (Å²) in [6, 6.07) is 7.84. The highest BCUT2D eigenvalue weighted by Crippen LogP contribution is 2.11. The van der Waals surface area contributed by atoms with Gasteiger partial charge in [-0.1, -0.05) is 6.07 Å². The third-order valence-corrected chi connectivity index (χ3v) is 4.41. The lowest BCUT2D eigenvalue weighted by molar-refractivity contribution is -0.116. The molecule has 138 valence electrons. The maximum atomic E-state index is 12.5. The Labute approximate surface area is 158 Å². The number of anilines is 1. The first-order valence-corrected chi connectivity index (χ1v) is 9.02. The minimum atomic E-state index is -0.397. The number of amides is 2. The summed E-state index contributed by atoms with van der Waals surface area (Å²) in [7, 11) is 0. The number of rotatable bonds is 6. The van der Waals surface area contributed by atoms with Crippen LogP contribution in [0.4, 0.5) is 5.13 Å². The maximum Gasteiger partial charge on any atom is 0.253 e. The summed E-state index contributed by atoms with van der Waals surface area (Å²) in [5.74, 6) is -0.756. The second-order valence-corrected chi connectivity index (χ2v) is 6.61. The van der Waals surface area contributed by atoms with Crippen molar-refractivity contribution in [2.45, 2.75) is 19.5 Å². The van der Waals surface area contributed by atoms with Crippen molar-refractivity contribution in [2.24, 2.45) is 0 Å². The third-order valence-electron chi connectivity index (χ3n) is 3.72. The van der Waals surface area contributed by atoms with Crippen LogP contribution in [0.15, 0.2) is 59.1 Å². The first-order chi connectivity index (χ1) is 13.0. The predicted molar refractivity (Wildman–Crippen MR) is 102 cm³/mol. The Balaban J connectivity index is 1.69. The molecule has 2 N–H and O–H groups in total. The van der Waals surface area contributed by atoms with Crippen LogP contribution in [0.25, 0.3) is 0 Å². The monoisotopic (exact) mass is 383 g/mol. The highest BCUT2D eigenvalue weighted by atomic mass is 32.1. The van der Waals surface area contributed by atoms with Crippen LogP contribution in [0.1, 0.15) is 29.0 Å². The number of pyridine rings is 2. The number of hydrogen-bond acceptors (Lipinski definition) is 6. The average Bonchev–Trinajstić information content (AvgIpc) is 3.17. The molecule has 0 saturated heterocycles. The van der Waals surface area contributed by atoms with Crippen molar-refractivity contribution in [1.82, 2.24) is 19.9 Å². The van der Waals surface area contributed by atoms with Gasteiger partial charge < -0.3 is 15.2 Å². The van der Waals surface area contributed by atoms with E-state index in [-0.39, 0.29) is 29.6 Å². The van der Waals surface area contributed by atoms with Gasteiger partial charge in [0.1, 0.15) is 6.54 Å². The van der Waals surface area contributed by atoms with Crippen molar-refractivity contribution < 1.29 is 9.59 Å². The molecular formula is C18H17N5O3S. The Morgan fingerprint density at radius 2 is 2.04 bits per heavy atom. The number of nitrogens with one attached hydrogen (secondary N) is 2. The highest BCUT2D eigenvalue weighted by molar-refractivity contribution is 7.13. The summed E-state index contributed by atoms with van der Waals surface area (Å²) in [5, 5.41) is 7.60. The van der Waals surface area contributed by atoms with E-state index in [1.807, 2.05) is 19.1 Å². The molecule has 3 rings (SSSR count). The molecule has 27 heavy (non-hydrogen) atoms. The van der Waals surface area contributed by atoms with Gasteiger partial charge in [-0.15, -0.1) is 11.3 Å². The van der Waals surface area contributed by atoms with Crippen LogP contribution < -0.4 is 16.2 Å².